The summed E-state index contributed by atoms with van der Waals surface area (Å²) in [6.45, 7) is 2.52. The molecule has 0 fully saturated rings. The molecule has 0 radical (unpaired) electrons. The van der Waals surface area contributed by atoms with E-state index in [0.717, 1.165) is 12.8 Å². The van der Waals surface area contributed by atoms with E-state index >= 15 is 0 Å². The van der Waals surface area contributed by atoms with Crippen molar-refractivity contribution < 1.29 is 4.79 Å². The number of nitrogens with two attached hydrogens (primary N) is 1. The van der Waals surface area contributed by atoms with Gasteiger partial charge in [-0.15, -0.1) is 0 Å². The fraction of sp³-hybridized carbons (Fsp3) is 0.875. The molecule has 1 amide bonds. The maximum Gasteiger partial charge on any atom is 0.226 e. The Labute approximate surface area is 68.6 Å². The number of amides is 1. The molecule has 1 unspecified atom stereocenters. The fourth-order valence-electron chi connectivity index (χ4n) is 1.06. The van der Waals surface area contributed by atoms with Crippen LogP contribution >= 0.6 is 0 Å². The number of nitrogens with zero attached hydrogens (tertiary/aromatic N) is 1. The summed E-state index contributed by atoms with van der Waals surface area (Å²) in [7, 11) is 3.53. The van der Waals surface area contributed by atoms with E-state index in [1.165, 1.54) is 0 Å². The molecule has 0 aliphatic heterocycles. The second-order valence-electron chi connectivity index (χ2n) is 2.95. The van der Waals surface area contributed by atoms with E-state index in [0.29, 0.717) is 6.54 Å². The van der Waals surface area contributed by atoms with E-state index in [1.807, 2.05) is 0 Å². The lowest BCUT2D eigenvalue weighted by Gasteiger charge is -2.17. The highest BCUT2D eigenvalue weighted by Gasteiger charge is 2.16. The summed E-state index contributed by atoms with van der Waals surface area (Å²) in [6.07, 6.45) is 1.91. The normalized spacial score (nSPS) is 12.7. The maximum atomic E-state index is 11.3. The van der Waals surface area contributed by atoms with Crippen LogP contribution in [-0.4, -0.2) is 31.4 Å². The minimum atomic E-state index is 0.0231. The molecule has 3 heteroatoms. The van der Waals surface area contributed by atoms with Gasteiger partial charge in [-0.3, -0.25) is 4.79 Å². The van der Waals surface area contributed by atoms with Crippen molar-refractivity contribution in [2.24, 2.45) is 11.7 Å². The minimum Gasteiger partial charge on any atom is -0.349 e. The smallest absolute Gasteiger partial charge is 0.226 e. The zero-order valence-corrected chi connectivity index (χ0v) is 7.63. The molecule has 0 bridgehead atoms. The summed E-state index contributed by atoms with van der Waals surface area (Å²) < 4.78 is 0. The van der Waals surface area contributed by atoms with Crippen molar-refractivity contribution in [2.75, 3.05) is 20.6 Å². The Hall–Kier alpha value is -0.570. The molecular weight excluding hydrogens is 140 g/mol. The Morgan fingerprint density at radius 2 is 2.09 bits per heavy atom. The van der Waals surface area contributed by atoms with Crippen LogP contribution in [0.15, 0.2) is 0 Å². The molecule has 0 aromatic rings. The molecule has 0 aromatic carbocycles. The van der Waals surface area contributed by atoms with Gasteiger partial charge in [0, 0.05) is 20.6 Å². The van der Waals surface area contributed by atoms with Gasteiger partial charge in [0.1, 0.15) is 0 Å². The molecule has 0 heterocycles. The first-order chi connectivity index (χ1) is 5.13. The molecular formula is C8H18N2O. The van der Waals surface area contributed by atoms with Crippen molar-refractivity contribution in [3.05, 3.63) is 0 Å². The standard InChI is InChI=1S/C8H18N2O/c1-4-5-7(6-9)8(11)10(2)3/h7H,4-6,9H2,1-3H3. The van der Waals surface area contributed by atoms with Crippen LogP contribution in [0.4, 0.5) is 0 Å². The van der Waals surface area contributed by atoms with Gasteiger partial charge in [-0.25, -0.2) is 0 Å². The summed E-state index contributed by atoms with van der Waals surface area (Å²) in [6, 6.07) is 0. The van der Waals surface area contributed by atoms with Crippen LogP contribution in [0.1, 0.15) is 19.8 Å². The predicted octanol–water partition coefficient (Wildman–Crippen LogP) is 0.450. The van der Waals surface area contributed by atoms with E-state index in [9.17, 15) is 4.79 Å². The average Bonchev–Trinajstić information content (AvgIpc) is 1.98. The lowest BCUT2D eigenvalue weighted by Crippen LogP contribution is -2.34. The molecule has 0 aliphatic rings. The third-order valence-corrected chi connectivity index (χ3v) is 1.71. The third-order valence-electron chi connectivity index (χ3n) is 1.71. The molecule has 3 nitrogen and oxygen atoms in total. The number of carbonyl (C=O) groups excluding carboxylic acids is 1. The summed E-state index contributed by atoms with van der Waals surface area (Å²) >= 11 is 0. The highest BCUT2D eigenvalue weighted by atomic mass is 16.2. The number of carbonyl (C=O) groups is 1. The van der Waals surface area contributed by atoms with Crippen LogP contribution in [0, 0.1) is 5.92 Å². The van der Waals surface area contributed by atoms with Crippen molar-refractivity contribution in [1.82, 2.24) is 4.90 Å². The van der Waals surface area contributed by atoms with Crippen LogP contribution in [-0.2, 0) is 4.79 Å². The van der Waals surface area contributed by atoms with Gasteiger partial charge in [-0.2, -0.15) is 0 Å². The Balaban J connectivity index is 3.92. The Morgan fingerprint density at radius 1 is 1.55 bits per heavy atom. The van der Waals surface area contributed by atoms with Crippen molar-refractivity contribution in [3.8, 4) is 0 Å². The van der Waals surface area contributed by atoms with Crippen LogP contribution in [0.2, 0.25) is 0 Å². The van der Waals surface area contributed by atoms with E-state index in [1.54, 1.807) is 19.0 Å². The molecule has 66 valence electrons. The lowest BCUT2D eigenvalue weighted by atomic mass is 10.0. The molecule has 0 spiro atoms. The number of hydrogen-bond donors (Lipinski definition) is 1. The fourth-order valence-corrected chi connectivity index (χ4v) is 1.06. The predicted molar refractivity (Wildman–Crippen MR) is 46.1 cm³/mol. The van der Waals surface area contributed by atoms with Gasteiger partial charge in [-0.05, 0) is 6.42 Å². The van der Waals surface area contributed by atoms with E-state index < -0.39 is 0 Å². The van der Waals surface area contributed by atoms with Crippen LogP contribution < -0.4 is 5.73 Å². The zero-order valence-electron chi connectivity index (χ0n) is 7.63. The lowest BCUT2D eigenvalue weighted by molar-refractivity contribution is -0.132. The van der Waals surface area contributed by atoms with Crippen molar-refractivity contribution >= 4 is 5.91 Å². The van der Waals surface area contributed by atoms with E-state index in [2.05, 4.69) is 6.92 Å². The average molecular weight is 158 g/mol. The summed E-state index contributed by atoms with van der Waals surface area (Å²) in [5.41, 5.74) is 5.45. The first-order valence-corrected chi connectivity index (χ1v) is 4.04. The van der Waals surface area contributed by atoms with Gasteiger partial charge >= 0.3 is 0 Å². The molecule has 1 atom stereocenters. The highest BCUT2D eigenvalue weighted by molar-refractivity contribution is 5.78. The quantitative estimate of drug-likeness (QED) is 0.645. The molecule has 0 saturated heterocycles. The van der Waals surface area contributed by atoms with E-state index in [4.69, 9.17) is 5.73 Å². The molecule has 2 N–H and O–H groups in total. The molecule has 0 saturated carbocycles. The van der Waals surface area contributed by atoms with Gasteiger partial charge in [-0.1, -0.05) is 13.3 Å². The van der Waals surface area contributed by atoms with Gasteiger partial charge in [0.15, 0.2) is 0 Å². The zero-order chi connectivity index (χ0) is 8.85. The Kier molecular flexibility index (Phi) is 4.86. The van der Waals surface area contributed by atoms with Crippen molar-refractivity contribution in [1.29, 1.82) is 0 Å². The molecule has 11 heavy (non-hydrogen) atoms. The Morgan fingerprint density at radius 3 is 2.36 bits per heavy atom. The van der Waals surface area contributed by atoms with Gasteiger partial charge in [0.2, 0.25) is 5.91 Å². The van der Waals surface area contributed by atoms with Crippen molar-refractivity contribution in [3.63, 3.8) is 0 Å². The molecule has 0 aliphatic carbocycles. The van der Waals surface area contributed by atoms with Gasteiger partial charge in [0.05, 0.1) is 5.92 Å². The third kappa shape index (κ3) is 3.37. The van der Waals surface area contributed by atoms with Gasteiger partial charge in [0.25, 0.3) is 0 Å². The number of rotatable bonds is 4. The summed E-state index contributed by atoms with van der Waals surface area (Å²) in [5, 5.41) is 0. The van der Waals surface area contributed by atoms with Crippen LogP contribution in [0.25, 0.3) is 0 Å². The van der Waals surface area contributed by atoms with Crippen LogP contribution in [0.3, 0.4) is 0 Å². The van der Waals surface area contributed by atoms with E-state index in [-0.39, 0.29) is 11.8 Å². The summed E-state index contributed by atoms with van der Waals surface area (Å²) in [4.78, 5) is 12.9. The SMILES string of the molecule is CCCC(CN)C(=O)N(C)C. The largest absolute Gasteiger partial charge is 0.349 e. The highest BCUT2D eigenvalue weighted by Crippen LogP contribution is 2.06. The topological polar surface area (TPSA) is 46.3 Å². The number of hydrogen-bond acceptors (Lipinski definition) is 2. The second kappa shape index (κ2) is 5.13. The minimum absolute atomic E-state index is 0.0231. The first-order valence-electron chi connectivity index (χ1n) is 4.04. The molecule has 0 rings (SSSR count). The first kappa shape index (κ1) is 10.4. The van der Waals surface area contributed by atoms with Gasteiger partial charge < -0.3 is 10.6 Å². The Bertz CT molecular complexity index is 123. The van der Waals surface area contributed by atoms with Crippen LogP contribution in [0.5, 0.6) is 0 Å². The second-order valence-corrected chi connectivity index (χ2v) is 2.95. The monoisotopic (exact) mass is 158 g/mol. The summed E-state index contributed by atoms with van der Waals surface area (Å²) in [5.74, 6) is 0.171. The maximum absolute atomic E-state index is 11.3. The van der Waals surface area contributed by atoms with Crippen molar-refractivity contribution in [2.45, 2.75) is 19.8 Å². The molecule has 0 aromatic heterocycles.